The van der Waals surface area contributed by atoms with Crippen LogP contribution in [-0.4, -0.2) is 46.6 Å². The number of nitrogens with one attached hydrogen (secondary N) is 1. The zero-order chi connectivity index (χ0) is 26.2. The van der Waals surface area contributed by atoms with Crippen LogP contribution in [0.1, 0.15) is 24.6 Å². The molecule has 2 aliphatic rings. The number of halogens is 8. The summed E-state index contributed by atoms with van der Waals surface area (Å²) in [4.78, 5) is 8.99. The van der Waals surface area contributed by atoms with Gasteiger partial charge in [0.2, 0.25) is 0 Å². The second-order valence-corrected chi connectivity index (χ2v) is 8.57. The van der Waals surface area contributed by atoms with Gasteiger partial charge in [-0.25, -0.2) is 0 Å². The minimum atomic E-state index is -4.68. The molecule has 1 unspecified atom stereocenters. The summed E-state index contributed by atoms with van der Waals surface area (Å²) in [6.45, 7) is 1.70. The molecule has 1 aromatic rings. The lowest BCUT2D eigenvalue weighted by Crippen LogP contribution is -2.37. The Morgan fingerprint density at radius 3 is 2.37 bits per heavy atom. The Bertz CT molecular complexity index is 1140. The molecule has 35 heavy (non-hydrogen) atoms. The van der Waals surface area contributed by atoms with Crippen LogP contribution in [-0.2, 0) is 11.8 Å². The van der Waals surface area contributed by atoms with E-state index in [9.17, 15) is 31.4 Å². The SMILES string of the molecule is C/C=C(\C=C1/CN=C(Cl)C(CC(F)(F)F)=C1Cl)C(O)(C1=CNCN1C)c1ccc(C(F)(F)F)nc1. The van der Waals surface area contributed by atoms with Gasteiger partial charge in [0.25, 0.3) is 0 Å². The molecule has 2 aliphatic heterocycles. The number of hydrogen-bond acceptors (Lipinski definition) is 5. The van der Waals surface area contributed by atoms with E-state index < -0.39 is 35.6 Å². The third kappa shape index (κ3) is 5.68. The molecule has 0 saturated heterocycles. The summed E-state index contributed by atoms with van der Waals surface area (Å²) in [5.74, 6) is 0. The lowest BCUT2D eigenvalue weighted by Gasteiger charge is -2.35. The smallest absolute Gasteiger partial charge is 0.374 e. The van der Waals surface area contributed by atoms with Crippen LogP contribution in [0.15, 0.2) is 69.1 Å². The summed E-state index contributed by atoms with van der Waals surface area (Å²) in [5, 5.41) is 14.2. The average molecular weight is 541 g/mol. The van der Waals surface area contributed by atoms with Crippen LogP contribution in [0, 0.1) is 0 Å². The fourth-order valence-electron chi connectivity index (χ4n) is 3.74. The molecule has 1 aromatic heterocycles. The van der Waals surface area contributed by atoms with Gasteiger partial charge in [0, 0.05) is 30.6 Å². The van der Waals surface area contributed by atoms with E-state index in [-0.39, 0.29) is 39.2 Å². The molecule has 0 spiro atoms. The Balaban J connectivity index is 2.14. The second-order valence-electron chi connectivity index (χ2n) is 7.84. The fourth-order valence-corrected chi connectivity index (χ4v) is 4.28. The monoisotopic (exact) mass is 540 g/mol. The maximum absolute atomic E-state index is 13.0. The summed E-state index contributed by atoms with van der Waals surface area (Å²) < 4.78 is 78.2. The van der Waals surface area contributed by atoms with E-state index in [0.717, 1.165) is 18.3 Å². The van der Waals surface area contributed by atoms with E-state index in [1.807, 2.05) is 0 Å². The first kappa shape index (κ1) is 27.1. The van der Waals surface area contributed by atoms with Crippen LogP contribution in [0.4, 0.5) is 26.3 Å². The summed E-state index contributed by atoms with van der Waals surface area (Å²) in [7, 11) is 1.65. The van der Waals surface area contributed by atoms with Crippen LogP contribution >= 0.6 is 23.2 Å². The Morgan fingerprint density at radius 2 is 1.89 bits per heavy atom. The van der Waals surface area contributed by atoms with Crippen molar-refractivity contribution >= 4 is 28.4 Å². The van der Waals surface area contributed by atoms with Crippen molar-refractivity contribution in [3.8, 4) is 0 Å². The number of hydrogen-bond donors (Lipinski definition) is 2. The number of dihydropyridines is 1. The molecule has 13 heteroatoms. The highest BCUT2D eigenvalue weighted by Crippen LogP contribution is 2.42. The van der Waals surface area contributed by atoms with Gasteiger partial charge in [-0.05, 0) is 30.2 Å². The summed E-state index contributed by atoms with van der Waals surface area (Å²) >= 11 is 12.1. The van der Waals surface area contributed by atoms with Crippen molar-refractivity contribution in [3.05, 3.63) is 75.4 Å². The van der Waals surface area contributed by atoms with Gasteiger partial charge >= 0.3 is 12.4 Å². The van der Waals surface area contributed by atoms with Crippen LogP contribution < -0.4 is 5.32 Å². The minimum absolute atomic E-state index is 0.00482. The Hall–Kier alpha value is -2.50. The molecule has 1 atom stereocenters. The fraction of sp³-hybridized carbons (Fsp3) is 0.364. The molecule has 0 bridgehead atoms. The normalized spacial score (nSPS) is 20.6. The van der Waals surface area contributed by atoms with E-state index in [0.29, 0.717) is 6.67 Å². The summed E-state index contributed by atoms with van der Waals surface area (Å²) in [5.41, 5.74) is -3.02. The largest absolute Gasteiger partial charge is 0.433 e. The van der Waals surface area contributed by atoms with Crippen LogP contribution in [0.25, 0.3) is 0 Å². The molecule has 0 aromatic carbocycles. The topological polar surface area (TPSA) is 60.8 Å². The number of alkyl halides is 6. The van der Waals surface area contributed by atoms with Gasteiger partial charge in [-0.2, -0.15) is 26.3 Å². The molecule has 0 saturated carbocycles. The van der Waals surface area contributed by atoms with Crippen molar-refractivity contribution in [2.75, 3.05) is 20.3 Å². The first-order valence-electron chi connectivity index (χ1n) is 10.1. The van der Waals surface area contributed by atoms with E-state index in [1.165, 1.54) is 18.4 Å². The van der Waals surface area contributed by atoms with Crippen molar-refractivity contribution in [3.63, 3.8) is 0 Å². The molecule has 0 fully saturated rings. The van der Waals surface area contributed by atoms with Gasteiger partial charge < -0.3 is 15.3 Å². The standard InChI is InChI=1S/C22H20Cl2F6N4O/c1-3-13(6-12-8-33-19(24)15(18(12)23)7-20(25,26)27)21(35,17-10-31-11-34(17)2)14-4-5-16(32-9-14)22(28,29)30/h3-6,9-10,31,35H,7-8,11H2,1-2H3/b12-6+,13-3+. The summed E-state index contributed by atoms with van der Waals surface area (Å²) in [6.07, 6.45) is -5.45. The predicted octanol–water partition coefficient (Wildman–Crippen LogP) is 5.59. The van der Waals surface area contributed by atoms with Crippen molar-refractivity contribution in [2.45, 2.75) is 31.3 Å². The van der Waals surface area contributed by atoms with Crippen molar-refractivity contribution in [1.29, 1.82) is 0 Å². The van der Waals surface area contributed by atoms with E-state index in [1.54, 1.807) is 18.9 Å². The number of rotatable bonds is 5. The highest BCUT2D eigenvalue weighted by Gasteiger charge is 2.42. The lowest BCUT2D eigenvalue weighted by atomic mass is 9.82. The maximum Gasteiger partial charge on any atom is 0.433 e. The van der Waals surface area contributed by atoms with Crippen molar-refractivity contribution in [1.82, 2.24) is 15.2 Å². The van der Waals surface area contributed by atoms with Gasteiger partial charge in [0.05, 0.1) is 30.4 Å². The maximum atomic E-state index is 13.0. The molecule has 5 nitrogen and oxygen atoms in total. The Labute approximate surface area is 207 Å². The molecule has 3 rings (SSSR count). The van der Waals surface area contributed by atoms with E-state index in [4.69, 9.17) is 23.2 Å². The Kier molecular flexibility index (Phi) is 7.64. The van der Waals surface area contributed by atoms with Crippen LogP contribution in [0.5, 0.6) is 0 Å². The second kappa shape index (κ2) is 9.87. The number of aromatic nitrogens is 1. The van der Waals surface area contributed by atoms with Crippen molar-refractivity contribution in [2.24, 2.45) is 4.99 Å². The third-order valence-corrected chi connectivity index (χ3v) is 6.26. The highest BCUT2D eigenvalue weighted by atomic mass is 35.5. The molecular formula is C22H20Cl2F6N4O. The minimum Gasteiger partial charge on any atom is -0.374 e. The zero-order valence-electron chi connectivity index (χ0n) is 18.4. The number of aliphatic imine (C=N–C) groups is 1. The zero-order valence-corrected chi connectivity index (χ0v) is 19.9. The Morgan fingerprint density at radius 1 is 1.20 bits per heavy atom. The molecule has 3 heterocycles. The first-order valence-corrected chi connectivity index (χ1v) is 10.9. The highest BCUT2D eigenvalue weighted by molar-refractivity contribution is 6.70. The van der Waals surface area contributed by atoms with Gasteiger partial charge in [-0.1, -0.05) is 35.3 Å². The molecule has 0 aliphatic carbocycles. The summed E-state index contributed by atoms with van der Waals surface area (Å²) in [6, 6.07) is 1.83. The number of nitrogens with zero attached hydrogens (tertiary/aromatic N) is 3. The lowest BCUT2D eigenvalue weighted by molar-refractivity contribution is -0.141. The van der Waals surface area contributed by atoms with Gasteiger partial charge in [-0.3, -0.25) is 9.98 Å². The van der Waals surface area contributed by atoms with Gasteiger partial charge in [0.15, 0.2) is 5.60 Å². The number of aliphatic hydroxyl groups is 1. The molecule has 0 amide bonds. The quantitative estimate of drug-likeness (QED) is 0.478. The molecule has 0 radical (unpaired) electrons. The van der Waals surface area contributed by atoms with Crippen molar-refractivity contribution < 1.29 is 31.4 Å². The van der Waals surface area contributed by atoms with E-state index in [2.05, 4.69) is 15.3 Å². The third-order valence-electron chi connectivity index (χ3n) is 5.44. The molecule has 2 N–H and O–H groups in total. The molecule has 190 valence electrons. The number of allylic oxidation sites excluding steroid dienone is 2. The van der Waals surface area contributed by atoms with Gasteiger partial charge in [0.1, 0.15) is 10.9 Å². The molecular weight excluding hydrogens is 521 g/mol. The van der Waals surface area contributed by atoms with Crippen LogP contribution in [0.2, 0.25) is 0 Å². The predicted molar refractivity (Wildman–Crippen MR) is 121 cm³/mol. The first-order chi connectivity index (χ1) is 16.2. The average Bonchev–Trinajstić information content (AvgIpc) is 3.21. The van der Waals surface area contributed by atoms with Crippen LogP contribution in [0.3, 0.4) is 0 Å². The van der Waals surface area contributed by atoms with Gasteiger partial charge in [-0.15, -0.1) is 0 Å². The van der Waals surface area contributed by atoms with E-state index >= 15 is 0 Å². The number of pyridine rings is 1. The number of likely N-dealkylation sites (N-methyl/N-ethyl adjacent to an activating group) is 1.